The van der Waals surface area contributed by atoms with Crippen LogP contribution in [0.25, 0.3) is 0 Å². The molecule has 0 unspecified atom stereocenters. The number of nitrogens with one attached hydrogen (secondary N) is 2. The number of benzene rings is 2. The second-order valence-electron chi connectivity index (χ2n) is 5.51. The van der Waals surface area contributed by atoms with Gasteiger partial charge in [0.25, 0.3) is 0 Å². The first kappa shape index (κ1) is 19.8. The van der Waals surface area contributed by atoms with E-state index in [0.29, 0.717) is 5.69 Å². The first-order valence-corrected chi connectivity index (χ1v) is 8.78. The summed E-state index contributed by atoms with van der Waals surface area (Å²) >= 11 is 2.12. The van der Waals surface area contributed by atoms with E-state index in [-0.39, 0.29) is 17.3 Å². The highest BCUT2D eigenvalue weighted by molar-refractivity contribution is 14.1. The van der Waals surface area contributed by atoms with E-state index < -0.39 is 22.4 Å². The van der Waals surface area contributed by atoms with Crippen molar-refractivity contribution in [2.45, 2.75) is 6.18 Å². The number of nitro groups is 1. The monoisotopic (exact) mass is 501 g/mol. The van der Waals surface area contributed by atoms with E-state index in [1.165, 1.54) is 12.1 Å². The van der Waals surface area contributed by atoms with Crippen LogP contribution in [0.5, 0.6) is 0 Å². The first-order valence-electron chi connectivity index (χ1n) is 7.70. The minimum absolute atomic E-state index is 0.0110. The summed E-state index contributed by atoms with van der Waals surface area (Å²) in [7, 11) is 0. The summed E-state index contributed by atoms with van der Waals surface area (Å²) in [6.45, 7) is 0. The van der Waals surface area contributed by atoms with E-state index in [9.17, 15) is 23.3 Å². The topological polar surface area (TPSA) is 93.0 Å². The molecule has 144 valence electrons. The molecule has 0 atom stereocenters. The van der Waals surface area contributed by atoms with Gasteiger partial charge < -0.3 is 10.6 Å². The molecule has 1 heterocycles. The lowest BCUT2D eigenvalue weighted by molar-refractivity contribution is -0.383. The van der Waals surface area contributed by atoms with Gasteiger partial charge in [-0.2, -0.15) is 13.2 Å². The Morgan fingerprint density at radius 3 is 2.14 bits per heavy atom. The van der Waals surface area contributed by atoms with Crippen molar-refractivity contribution in [3.05, 3.63) is 74.1 Å². The Morgan fingerprint density at radius 2 is 1.57 bits per heavy atom. The van der Waals surface area contributed by atoms with Crippen molar-refractivity contribution >= 4 is 51.3 Å². The molecule has 0 saturated heterocycles. The molecule has 1 aromatic heterocycles. The predicted molar refractivity (Wildman–Crippen MR) is 106 cm³/mol. The lowest BCUT2D eigenvalue weighted by Gasteiger charge is -2.12. The fraction of sp³-hybridized carbons (Fsp3) is 0.0588. The van der Waals surface area contributed by atoms with Crippen LogP contribution in [0.15, 0.2) is 54.9 Å². The third kappa shape index (κ3) is 4.65. The molecule has 0 bridgehead atoms. The minimum atomic E-state index is -4.53. The highest BCUT2D eigenvalue weighted by Gasteiger charge is 2.31. The third-order valence-corrected chi connectivity index (χ3v) is 4.28. The average Bonchev–Trinajstić information content (AvgIpc) is 2.63. The Morgan fingerprint density at radius 1 is 0.964 bits per heavy atom. The SMILES string of the molecule is O=[N+]([O-])c1c(Nc2ccc(I)cc2)ncnc1Nc1cccc(C(F)(F)F)c1. The fourth-order valence-electron chi connectivity index (χ4n) is 2.31. The van der Waals surface area contributed by atoms with Crippen LogP contribution in [-0.2, 0) is 6.18 Å². The Hall–Kier alpha value is -2.96. The number of alkyl halides is 3. The molecule has 3 aromatic rings. The van der Waals surface area contributed by atoms with Crippen molar-refractivity contribution in [3.63, 3.8) is 0 Å². The van der Waals surface area contributed by atoms with Crippen LogP contribution in [-0.4, -0.2) is 14.9 Å². The zero-order valence-electron chi connectivity index (χ0n) is 13.9. The van der Waals surface area contributed by atoms with Crippen molar-refractivity contribution in [3.8, 4) is 0 Å². The van der Waals surface area contributed by atoms with E-state index in [4.69, 9.17) is 0 Å². The van der Waals surface area contributed by atoms with E-state index in [0.717, 1.165) is 22.0 Å². The molecule has 0 spiro atoms. The summed E-state index contributed by atoms with van der Waals surface area (Å²) in [4.78, 5) is 18.6. The smallest absolute Gasteiger partial charge is 0.334 e. The maximum absolute atomic E-state index is 12.9. The van der Waals surface area contributed by atoms with Crippen LogP contribution in [0.3, 0.4) is 0 Å². The molecule has 11 heteroatoms. The third-order valence-electron chi connectivity index (χ3n) is 3.56. The fourth-order valence-corrected chi connectivity index (χ4v) is 2.67. The molecule has 0 aliphatic carbocycles. The van der Waals surface area contributed by atoms with Gasteiger partial charge in [-0.3, -0.25) is 10.1 Å². The van der Waals surface area contributed by atoms with Crippen LogP contribution in [0.2, 0.25) is 0 Å². The maximum atomic E-state index is 12.9. The van der Waals surface area contributed by atoms with Gasteiger partial charge in [0.2, 0.25) is 11.6 Å². The summed E-state index contributed by atoms with van der Waals surface area (Å²) in [5, 5.41) is 17.0. The van der Waals surface area contributed by atoms with E-state index in [1.807, 2.05) is 0 Å². The molecular weight excluding hydrogens is 490 g/mol. The largest absolute Gasteiger partial charge is 0.416 e. The zero-order chi connectivity index (χ0) is 20.3. The second kappa shape index (κ2) is 7.96. The van der Waals surface area contributed by atoms with E-state index in [2.05, 4.69) is 43.2 Å². The van der Waals surface area contributed by atoms with E-state index >= 15 is 0 Å². The van der Waals surface area contributed by atoms with Crippen molar-refractivity contribution in [1.82, 2.24) is 9.97 Å². The van der Waals surface area contributed by atoms with Crippen LogP contribution in [0.4, 0.5) is 41.9 Å². The molecule has 28 heavy (non-hydrogen) atoms. The van der Waals surface area contributed by atoms with Crippen LogP contribution >= 0.6 is 22.6 Å². The molecule has 0 saturated carbocycles. The van der Waals surface area contributed by atoms with Gasteiger partial charge in [0.05, 0.1) is 10.5 Å². The minimum Gasteiger partial charge on any atom is -0.334 e. The number of halogens is 4. The number of anilines is 4. The van der Waals surface area contributed by atoms with Crippen LogP contribution in [0.1, 0.15) is 5.56 Å². The van der Waals surface area contributed by atoms with Crippen molar-refractivity contribution in [2.24, 2.45) is 0 Å². The summed E-state index contributed by atoms with van der Waals surface area (Å²) in [6.07, 6.45) is -3.45. The molecule has 7 nitrogen and oxygen atoms in total. The molecule has 0 aliphatic rings. The molecular formula is C17H11F3IN5O2. The molecule has 0 amide bonds. The van der Waals surface area contributed by atoms with Crippen molar-refractivity contribution in [2.75, 3.05) is 10.6 Å². The van der Waals surface area contributed by atoms with Gasteiger partial charge in [-0.25, -0.2) is 9.97 Å². The Bertz CT molecular complexity index is 1010. The molecule has 0 aliphatic heterocycles. The highest BCUT2D eigenvalue weighted by Crippen LogP contribution is 2.35. The molecule has 3 rings (SSSR count). The number of hydrogen-bond acceptors (Lipinski definition) is 6. The number of hydrogen-bond donors (Lipinski definition) is 2. The summed E-state index contributed by atoms with van der Waals surface area (Å²) < 4.78 is 39.6. The number of aromatic nitrogens is 2. The average molecular weight is 501 g/mol. The van der Waals surface area contributed by atoms with Gasteiger partial charge in [0.1, 0.15) is 6.33 Å². The Kier molecular flexibility index (Phi) is 5.63. The number of rotatable bonds is 5. The van der Waals surface area contributed by atoms with E-state index in [1.54, 1.807) is 24.3 Å². The quantitative estimate of drug-likeness (QED) is 0.273. The summed E-state index contributed by atoms with van der Waals surface area (Å²) in [5.41, 5.74) is -0.797. The maximum Gasteiger partial charge on any atom is 0.416 e. The summed E-state index contributed by atoms with van der Waals surface area (Å²) in [5.74, 6) is -0.317. The highest BCUT2D eigenvalue weighted by atomic mass is 127. The number of nitrogens with zero attached hydrogens (tertiary/aromatic N) is 3. The normalized spacial score (nSPS) is 11.1. The van der Waals surface area contributed by atoms with Gasteiger partial charge in [-0.05, 0) is 65.1 Å². The summed E-state index contributed by atoms with van der Waals surface area (Å²) in [6, 6.07) is 11.3. The van der Waals surface area contributed by atoms with Crippen molar-refractivity contribution in [1.29, 1.82) is 0 Å². The van der Waals surface area contributed by atoms with Gasteiger partial charge in [0.15, 0.2) is 0 Å². The standard InChI is InChI=1S/C17H11F3IN5O2/c18-17(19,20)10-2-1-3-13(8-10)25-16-14(26(27)28)15(22-9-23-16)24-12-6-4-11(21)5-7-12/h1-9H,(H2,22,23,24,25). The lowest BCUT2D eigenvalue weighted by Crippen LogP contribution is -2.07. The molecule has 0 fully saturated rings. The van der Waals surface area contributed by atoms with Gasteiger partial charge in [-0.1, -0.05) is 6.07 Å². The lowest BCUT2D eigenvalue weighted by atomic mass is 10.2. The van der Waals surface area contributed by atoms with Crippen molar-refractivity contribution < 1.29 is 18.1 Å². The molecule has 2 aromatic carbocycles. The van der Waals surface area contributed by atoms with Gasteiger partial charge in [-0.15, -0.1) is 0 Å². The second-order valence-corrected chi connectivity index (χ2v) is 6.76. The molecule has 0 radical (unpaired) electrons. The van der Waals surface area contributed by atoms with Crippen LogP contribution < -0.4 is 10.6 Å². The first-order chi connectivity index (χ1) is 13.2. The zero-order valence-corrected chi connectivity index (χ0v) is 16.0. The Balaban J connectivity index is 1.96. The Labute approximate surface area is 170 Å². The predicted octanol–water partition coefficient (Wildman–Crippen LogP) is 5.50. The molecule has 2 N–H and O–H groups in total. The van der Waals surface area contributed by atoms with Crippen LogP contribution in [0, 0.1) is 13.7 Å². The van der Waals surface area contributed by atoms with Gasteiger partial charge in [0, 0.05) is 14.9 Å². The van der Waals surface area contributed by atoms with Gasteiger partial charge >= 0.3 is 11.9 Å².